The normalized spacial score (nSPS) is 20.3. The molecule has 1 aromatic carbocycles. The molecule has 8 heteroatoms. The van der Waals surface area contributed by atoms with Crippen molar-refractivity contribution in [2.45, 2.75) is 75.9 Å². The Morgan fingerprint density at radius 1 is 1.24 bits per heavy atom. The van der Waals surface area contributed by atoms with Crippen molar-refractivity contribution in [1.82, 2.24) is 9.88 Å². The molecule has 2 fully saturated rings. The minimum atomic E-state index is -0.989. The van der Waals surface area contributed by atoms with E-state index in [2.05, 4.69) is 17.4 Å². The van der Waals surface area contributed by atoms with Gasteiger partial charge in [-0.25, -0.2) is 9.37 Å². The number of rotatable bonds is 12. The largest absolute Gasteiger partial charge is 0.493 e. The third kappa shape index (κ3) is 6.24. The number of halogens is 1. The molecule has 0 radical (unpaired) electrons. The summed E-state index contributed by atoms with van der Waals surface area (Å²) >= 11 is 0. The van der Waals surface area contributed by atoms with E-state index in [1.54, 1.807) is 0 Å². The molecule has 3 heterocycles. The van der Waals surface area contributed by atoms with Gasteiger partial charge in [0.1, 0.15) is 11.9 Å². The number of anilines is 1. The van der Waals surface area contributed by atoms with Crippen LogP contribution in [0, 0.1) is 5.82 Å². The minimum Gasteiger partial charge on any atom is -0.493 e. The Bertz CT molecular complexity index is 1110. The van der Waals surface area contributed by atoms with Gasteiger partial charge in [-0.2, -0.15) is 0 Å². The maximum Gasteiger partial charge on any atom is 0.325 e. The SMILES string of the molecule is COc1c(F)cc(C2CC2)cc1[C@H](C(=O)O)N1CC[C@@H](OCCCCCc2ccc3c(n2)NCCC3)C1. The van der Waals surface area contributed by atoms with Gasteiger partial charge in [0, 0.05) is 37.5 Å². The molecule has 200 valence electrons. The van der Waals surface area contributed by atoms with Crippen LogP contribution >= 0.6 is 0 Å². The number of nitrogens with zero attached hydrogens (tertiary/aromatic N) is 2. The number of fused-ring (bicyclic) bond motifs is 1. The first-order valence-electron chi connectivity index (χ1n) is 13.7. The third-order valence-electron chi connectivity index (χ3n) is 7.80. The molecule has 37 heavy (non-hydrogen) atoms. The summed E-state index contributed by atoms with van der Waals surface area (Å²) < 4.78 is 26.2. The molecule has 3 aliphatic rings. The quantitative estimate of drug-likeness (QED) is 0.384. The number of carbonyl (C=O) groups is 1. The first kappa shape index (κ1) is 25.9. The summed E-state index contributed by atoms with van der Waals surface area (Å²) in [6.45, 7) is 2.77. The van der Waals surface area contributed by atoms with E-state index >= 15 is 0 Å². The van der Waals surface area contributed by atoms with Crippen LogP contribution < -0.4 is 10.1 Å². The zero-order valence-electron chi connectivity index (χ0n) is 21.7. The van der Waals surface area contributed by atoms with Crippen LogP contribution in [0.25, 0.3) is 0 Å². The van der Waals surface area contributed by atoms with Gasteiger partial charge in [-0.05, 0) is 86.6 Å². The fraction of sp³-hybridized carbons (Fsp3) is 0.586. The number of ether oxygens (including phenoxy) is 2. The predicted octanol–water partition coefficient (Wildman–Crippen LogP) is 5.09. The number of aliphatic carboxylic acids is 1. The highest BCUT2D eigenvalue weighted by molar-refractivity contribution is 5.77. The summed E-state index contributed by atoms with van der Waals surface area (Å²) in [6.07, 6.45) is 9.12. The van der Waals surface area contributed by atoms with Crippen molar-refractivity contribution in [2.75, 3.05) is 38.7 Å². The number of unbranched alkanes of at least 4 members (excludes halogenated alkanes) is 2. The number of benzene rings is 1. The Kier molecular flexibility index (Phi) is 8.25. The molecule has 2 aliphatic heterocycles. The van der Waals surface area contributed by atoms with Crippen molar-refractivity contribution in [2.24, 2.45) is 0 Å². The second-order valence-electron chi connectivity index (χ2n) is 10.6. The number of nitrogens with one attached hydrogen (secondary N) is 1. The van der Waals surface area contributed by atoms with Gasteiger partial charge in [0.25, 0.3) is 0 Å². The molecule has 0 spiro atoms. The van der Waals surface area contributed by atoms with Crippen LogP contribution in [-0.2, 0) is 22.4 Å². The molecule has 0 bridgehead atoms. The Morgan fingerprint density at radius 3 is 2.89 bits per heavy atom. The van der Waals surface area contributed by atoms with Crippen molar-refractivity contribution in [3.8, 4) is 5.75 Å². The van der Waals surface area contributed by atoms with E-state index in [0.29, 0.717) is 31.2 Å². The summed E-state index contributed by atoms with van der Waals surface area (Å²) in [5, 5.41) is 13.5. The summed E-state index contributed by atoms with van der Waals surface area (Å²) in [6, 6.07) is 6.73. The number of carboxylic acids is 1. The number of hydrogen-bond donors (Lipinski definition) is 2. The van der Waals surface area contributed by atoms with Crippen molar-refractivity contribution in [3.05, 3.63) is 52.5 Å². The fourth-order valence-electron chi connectivity index (χ4n) is 5.66. The molecule has 0 amide bonds. The monoisotopic (exact) mass is 511 g/mol. The molecule has 1 saturated carbocycles. The molecule has 5 rings (SSSR count). The molecular formula is C29H38FN3O4. The first-order chi connectivity index (χ1) is 18.0. The van der Waals surface area contributed by atoms with Crippen molar-refractivity contribution < 1.29 is 23.8 Å². The summed E-state index contributed by atoms with van der Waals surface area (Å²) in [5.41, 5.74) is 3.73. The Morgan fingerprint density at radius 2 is 2.11 bits per heavy atom. The fourth-order valence-corrected chi connectivity index (χ4v) is 5.66. The average Bonchev–Trinajstić information content (AvgIpc) is 3.65. The smallest absolute Gasteiger partial charge is 0.325 e. The lowest BCUT2D eigenvalue weighted by Gasteiger charge is -2.26. The number of likely N-dealkylation sites (tertiary alicyclic amines) is 1. The van der Waals surface area contributed by atoms with Crippen LogP contribution in [0.4, 0.5) is 10.2 Å². The van der Waals surface area contributed by atoms with Gasteiger partial charge in [-0.15, -0.1) is 0 Å². The number of carboxylic acid groups (broad SMARTS) is 1. The van der Waals surface area contributed by atoms with Crippen LogP contribution in [0.2, 0.25) is 0 Å². The van der Waals surface area contributed by atoms with Crippen LogP contribution in [0.3, 0.4) is 0 Å². The van der Waals surface area contributed by atoms with Gasteiger partial charge in [0.2, 0.25) is 0 Å². The zero-order chi connectivity index (χ0) is 25.8. The number of methoxy groups -OCH3 is 1. The predicted molar refractivity (Wildman–Crippen MR) is 140 cm³/mol. The van der Waals surface area contributed by atoms with Crippen molar-refractivity contribution in [3.63, 3.8) is 0 Å². The number of pyridine rings is 1. The highest BCUT2D eigenvalue weighted by Gasteiger charge is 2.37. The van der Waals surface area contributed by atoms with E-state index in [1.807, 2.05) is 11.0 Å². The van der Waals surface area contributed by atoms with Crippen molar-refractivity contribution in [1.29, 1.82) is 0 Å². The summed E-state index contributed by atoms with van der Waals surface area (Å²) in [7, 11) is 1.39. The van der Waals surface area contributed by atoms with Gasteiger partial charge in [0.15, 0.2) is 11.6 Å². The lowest BCUT2D eigenvalue weighted by molar-refractivity contribution is -0.143. The van der Waals surface area contributed by atoms with Crippen LogP contribution in [0.15, 0.2) is 24.3 Å². The highest BCUT2D eigenvalue weighted by atomic mass is 19.1. The maximum absolute atomic E-state index is 14.8. The summed E-state index contributed by atoms with van der Waals surface area (Å²) in [4.78, 5) is 19.0. The van der Waals surface area contributed by atoms with Gasteiger partial charge in [-0.1, -0.05) is 12.5 Å². The molecule has 2 aromatic rings. The molecule has 2 N–H and O–H groups in total. The van der Waals surface area contributed by atoms with E-state index in [0.717, 1.165) is 75.0 Å². The van der Waals surface area contributed by atoms with E-state index < -0.39 is 17.8 Å². The average molecular weight is 512 g/mol. The standard InChI is InChI=1S/C29H38FN3O4/c1-36-27-24(16-21(17-25(27)30)19-8-9-19)26(29(34)35)33-14-12-23(18-33)37-15-4-2-3-7-22-11-10-20-6-5-13-31-28(20)32-22/h10-11,16-17,19,23,26H,2-9,12-15,18H2,1H3,(H,31,32)(H,34,35)/t23-,26-/m1/s1. The van der Waals surface area contributed by atoms with Gasteiger partial charge in [0.05, 0.1) is 13.2 Å². The van der Waals surface area contributed by atoms with Crippen LogP contribution in [-0.4, -0.2) is 60.4 Å². The molecule has 1 saturated heterocycles. The number of hydrogen-bond acceptors (Lipinski definition) is 6. The molecule has 1 aliphatic carbocycles. The van der Waals surface area contributed by atoms with E-state index in [4.69, 9.17) is 14.5 Å². The van der Waals surface area contributed by atoms with Crippen LogP contribution in [0.1, 0.15) is 79.3 Å². The topological polar surface area (TPSA) is 83.9 Å². The minimum absolute atomic E-state index is 0.0160. The molecule has 7 nitrogen and oxygen atoms in total. The lowest BCUT2D eigenvalue weighted by Crippen LogP contribution is -2.34. The molecule has 0 unspecified atom stereocenters. The molecule has 2 atom stereocenters. The molecule has 1 aromatic heterocycles. The van der Waals surface area contributed by atoms with Gasteiger partial charge in [-0.3, -0.25) is 9.69 Å². The van der Waals surface area contributed by atoms with E-state index in [9.17, 15) is 14.3 Å². The maximum atomic E-state index is 14.8. The Labute approximate surface area is 218 Å². The first-order valence-corrected chi connectivity index (χ1v) is 13.7. The highest BCUT2D eigenvalue weighted by Crippen LogP contribution is 2.44. The third-order valence-corrected chi connectivity index (χ3v) is 7.80. The second-order valence-corrected chi connectivity index (χ2v) is 10.6. The lowest BCUT2D eigenvalue weighted by atomic mass is 9.99. The summed E-state index contributed by atoms with van der Waals surface area (Å²) in [5.74, 6) is -0.0650. The van der Waals surface area contributed by atoms with E-state index in [1.165, 1.54) is 25.2 Å². The van der Waals surface area contributed by atoms with Crippen molar-refractivity contribution >= 4 is 11.8 Å². The molecular weight excluding hydrogens is 473 g/mol. The Balaban J connectivity index is 1.09. The van der Waals surface area contributed by atoms with Gasteiger partial charge >= 0.3 is 5.97 Å². The van der Waals surface area contributed by atoms with E-state index in [-0.39, 0.29) is 11.9 Å². The second kappa shape index (κ2) is 11.8. The number of aromatic nitrogens is 1. The Hall–Kier alpha value is -2.71. The zero-order valence-corrected chi connectivity index (χ0v) is 21.7. The van der Waals surface area contributed by atoms with Gasteiger partial charge < -0.3 is 19.9 Å². The number of aryl methyl sites for hydroxylation is 2. The van der Waals surface area contributed by atoms with Crippen LogP contribution in [0.5, 0.6) is 5.75 Å².